The lowest BCUT2D eigenvalue weighted by atomic mass is 10.1. The molecule has 1 amide bonds. The normalized spacial score (nSPS) is 10.4. The van der Waals surface area contributed by atoms with Crippen molar-refractivity contribution < 1.29 is 33.0 Å². The van der Waals surface area contributed by atoms with Gasteiger partial charge in [0.15, 0.2) is 17.3 Å². The molecule has 0 bridgehead atoms. The molecule has 0 fully saturated rings. The van der Waals surface area contributed by atoms with E-state index < -0.39 is 11.9 Å². The molecule has 3 aromatic carbocycles. The molecule has 4 rings (SSSR count). The minimum atomic E-state index is -0.643. The molecule has 0 saturated carbocycles. The second-order valence-corrected chi connectivity index (χ2v) is 7.51. The fourth-order valence-corrected chi connectivity index (χ4v) is 3.63. The van der Waals surface area contributed by atoms with Crippen LogP contribution in [0.4, 0.5) is 5.69 Å². The molecule has 0 aliphatic carbocycles. The number of ether oxygens (including phenoxy) is 4. The zero-order chi connectivity index (χ0) is 25.7. The number of benzene rings is 3. The number of aromatic nitrogens is 1. The highest BCUT2D eigenvalue weighted by Crippen LogP contribution is 2.35. The third-order valence-electron chi connectivity index (χ3n) is 5.44. The third-order valence-corrected chi connectivity index (χ3v) is 5.44. The Morgan fingerprint density at radius 3 is 2.31 bits per heavy atom. The van der Waals surface area contributed by atoms with E-state index in [0.717, 1.165) is 5.56 Å². The van der Waals surface area contributed by atoms with Gasteiger partial charge in [-0.3, -0.25) is 4.79 Å². The van der Waals surface area contributed by atoms with E-state index in [2.05, 4.69) is 10.3 Å². The number of nitrogens with zero attached hydrogens (tertiary/aromatic N) is 1. The van der Waals surface area contributed by atoms with Crippen LogP contribution in [0.5, 0.6) is 17.2 Å². The molecular weight excluding hydrogens is 464 g/mol. The van der Waals surface area contributed by atoms with E-state index in [9.17, 15) is 9.59 Å². The van der Waals surface area contributed by atoms with Gasteiger partial charge in [0.25, 0.3) is 5.91 Å². The quantitative estimate of drug-likeness (QED) is 0.342. The Morgan fingerprint density at radius 1 is 0.833 bits per heavy atom. The maximum Gasteiger partial charge on any atom is 0.340 e. The molecule has 0 radical (unpaired) electrons. The van der Waals surface area contributed by atoms with E-state index in [0.29, 0.717) is 34.1 Å². The van der Waals surface area contributed by atoms with E-state index in [-0.39, 0.29) is 17.1 Å². The maximum absolute atomic E-state index is 13.4. The first-order valence-electron chi connectivity index (χ1n) is 10.8. The summed E-state index contributed by atoms with van der Waals surface area (Å²) in [5, 5.41) is 2.77. The van der Waals surface area contributed by atoms with Crippen LogP contribution in [0.25, 0.3) is 22.8 Å². The van der Waals surface area contributed by atoms with Crippen LogP contribution in [0.1, 0.15) is 20.7 Å². The van der Waals surface area contributed by atoms with Crippen LogP contribution in [0.3, 0.4) is 0 Å². The molecule has 0 atom stereocenters. The molecule has 0 aliphatic heterocycles. The van der Waals surface area contributed by atoms with Crippen LogP contribution in [-0.4, -0.2) is 45.3 Å². The topological polar surface area (TPSA) is 109 Å². The van der Waals surface area contributed by atoms with Crippen molar-refractivity contribution in [1.82, 2.24) is 4.98 Å². The Labute approximate surface area is 207 Å². The zero-order valence-corrected chi connectivity index (χ0v) is 20.2. The van der Waals surface area contributed by atoms with E-state index >= 15 is 0 Å². The van der Waals surface area contributed by atoms with Crippen molar-refractivity contribution in [3.63, 3.8) is 0 Å². The van der Waals surface area contributed by atoms with Gasteiger partial charge in [0.2, 0.25) is 5.89 Å². The lowest BCUT2D eigenvalue weighted by molar-refractivity contribution is 0.0601. The summed E-state index contributed by atoms with van der Waals surface area (Å²) in [7, 11) is 5.74. The van der Waals surface area contributed by atoms with Gasteiger partial charge in [0.05, 0.1) is 51.5 Å². The molecule has 0 saturated heterocycles. The summed E-state index contributed by atoms with van der Waals surface area (Å²) in [5.41, 5.74) is 1.86. The maximum atomic E-state index is 13.4. The number of rotatable bonds is 8. The van der Waals surface area contributed by atoms with Crippen molar-refractivity contribution in [3.05, 3.63) is 78.0 Å². The molecule has 1 N–H and O–H groups in total. The van der Waals surface area contributed by atoms with Gasteiger partial charge in [-0.05, 0) is 24.3 Å². The van der Waals surface area contributed by atoms with Crippen LogP contribution in [-0.2, 0) is 4.74 Å². The second-order valence-electron chi connectivity index (χ2n) is 7.51. The molecule has 184 valence electrons. The van der Waals surface area contributed by atoms with Gasteiger partial charge >= 0.3 is 5.97 Å². The number of oxazole rings is 1. The van der Waals surface area contributed by atoms with Crippen molar-refractivity contribution in [1.29, 1.82) is 0 Å². The van der Waals surface area contributed by atoms with Crippen molar-refractivity contribution in [2.24, 2.45) is 0 Å². The highest BCUT2D eigenvalue weighted by molar-refractivity contribution is 6.11. The SMILES string of the molecule is COC(=O)c1cc(OC)c(OC)cc1NC(=O)c1ccccc1-c1ncc(-c2cccc(OC)c2)o1. The lowest BCUT2D eigenvalue weighted by Gasteiger charge is -2.15. The van der Waals surface area contributed by atoms with Gasteiger partial charge in [-0.15, -0.1) is 0 Å². The number of nitrogens with one attached hydrogen (secondary N) is 1. The van der Waals surface area contributed by atoms with E-state index in [1.807, 2.05) is 24.3 Å². The Morgan fingerprint density at radius 2 is 1.58 bits per heavy atom. The summed E-state index contributed by atoms with van der Waals surface area (Å²) in [4.78, 5) is 30.1. The van der Waals surface area contributed by atoms with Crippen LogP contribution in [0.2, 0.25) is 0 Å². The van der Waals surface area contributed by atoms with Gasteiger partial charge in [-0.25, -0.2) is 9.78 Å². The molecule has 1 aromatic heterocycles. The summed E-state index contributed by atoms with van der Waals surface area (Å²) < 4.78 is 26.7. The fourth-order valence-electron chi connectivity index (χ4n) is 3.63. The summed E-state index contributed by atoms with van der Waals surface area (Å²) in [6, 6.07) is 17.2. The first-order chi connectivity index (χ1) is 17.5. The Balaban J connectivity index is 1.69. The largest absolute Gasteiger partial charge is 0.497 e. The van der Waals surface area contributed by atoms with E-state index in [1.165, 1.54) is 33.5 Å². The third kappa shape index (κ3) is 4.85. The predicted octanol–water partition coefficient (Wildman–Crippen LogP) is 5.07. The number of carbonyl (C=O) groups excluding carboxylic acids is 2. The first kappa shape index (κ1) is 24.3. The molecule has 9 nitrogen and oxygen atoms in total. The van der Waals surface area contributed by atoms with Gasteiger partial charge in [-0.1, -0.05) is 24.3 Å². The van der Waals surface area contributed by atoms with Gasteiger partial charge in [0.1, 0.15) is 5.75 Å². The fraction of sp³-hybridized carbons (Fsp3) is 0.148. The molecule has 9 heteroatoms. The predicted molar refractivity (Wildman–Crippen MR) is 133 cm³/mol. The summed E-state index contributed by atoms with van der Waals surface area (Å²) in [5.74, 6) is 0.998. The number of esters is 1. The average molecular weight is 488 g/mol. The van der Waals surface area contributed by atoms with Crippen LogP contribution < -0.4 is 19.5 Å². The van der Waals surface area contributed by atoms with Gasteiger partial charge in [0, 0.05) is 23.3 Å². The minimum Gasteiger partial charge on any atom is -0.497 e. The highest BCUT2D eigenvalue weighted by Gasteiger charge is 2.22. The summed E-state index contributed by atoms with van der Waals surface area (Å²) in [6.07, 6.45) is 1.59. The molecule has 0 unspecified atom stereocenters. The van der Waals surface area contributed by atoms with Crippen LogP contribution >= 0.6 is 0 Å². The number of hydrogen-bond donors (Lipinski definition) is 1. The number of carbonyl (C=O) groups is 2. The highest BCUT2D eigenvalue weighted by atomic mass is 16.5. The molecular formula is C27H24N2O7. The smallest absolute Gasteiger partial charge is 0.340 e. The average Bonchev–Trinajstić information content (AvgIpc) is 3.42. The van der Waals surface area contributed by atoms with Crippen molar-refractivity contribution in [2.45, 2.75) is 0 Å². The minimum absolute atomic E-state index is 0.109. The Kier molecular flexibility index (Phi) is 7.20. The number of methoxy groups -OCH3 is 4. The van der Waals surface area contributed by atoms with Crippen molar-refractivity contribution in [3.8, 4) is 40.0 Å². The van der Waals surface area contributed by atoms with Crippen molar-refractivity contribution >= 4 is 17.6 Å². The first-order valence-corrected chi connectivity index (χ1v) is 10.8. The van der Waals surface area contributed by atoms with Crippen LogP contribution in [0, 0.1) is 0 Å². The number of hydrogen-bond acceptors (Lipinski definition) is 8. The lowest BCUT2D eigenvalue weighted by Crippen LogP contribution is -2.16. The zero-order valence-electron chi connectivity index (χ0n) is 20.2. The van der Waals surface area contributed by atoms with E-state index in [1.54, 1.807) is 37.6 Å². The molecule has 0 spiro atoms. The standard InChI is InChI=1S/C27H24N2O7/c1-32-17-9-7-8-16(12-17)24-15-28-26(36-24)19-11-6-5-10-18(19)25(30)29-21-14-23(34-3)22(33-2)13-20(21)27(31)35-4/h5-15H,1-4H3,(H,29,30). The Bertz CT molecular complexity index is 1410. The molecule has 1 heterocycles. The van der Waals surface area contributed by atoms with Crippen LogP contribution in [0.15, 0.2) is 71.3 Å². The van der Waals surface area contributed by atoms with E-state index in [4.69, 9.17) is 23.4 Å². The molecule has 36 heavy (non-hydrogen) atoms. The molecule has 4 aromatic rings. The summed E-state index contributed by atoms with van der Waals surface area (Å²) in [6.45, 7) is 0. The number of anilines is 1. The van der Waals surface area contributed by atoms with Crippen molar-refractivity contribution in [2.75, 3.05) is 33.8 Å². The molecule has 0 aliphatic rings. The Hall–Kier alpha value is -4.79. The summed E-state index contributed by atoms with van der Waals surface area (Å²) >= 11 is 0. The monoisotopic (exact) mass is 488 g/mol. The number of amides is 1. The van der Waals surface area contributed by atoms with Gasteiger partial charge < -0.3 is 28.7 Å². The second kappa shape index (κ2) is 10.6. The van der Waals surface area contributed by atoms with Gasteiger partial charge in [-0.2, -0.15) is 0 Å².